The highest BCUT2D eigenvalue weighted by Crippen LogP contribution is 2.28. The molecular weight excluding hydrogens is 267 g/mol. The molecular formula is C16H17BO4. The standard InChI is InChI=1S/C16H17BO4/c1-11-6-7-16(14(8-11)17(18)19)20-10-13-9-12-4-2-3-5-15(12)21-13/h2-8,13,18-19H,9-10H2,1H3. The van der Waals surface area contributed by atoms with Gasteiger partial charge in [0.1, 0.15) is 24.2 Å². The second-order valence-corrected chi connectivity index (χ2v) is 5.28. The third-order valence-electron chi connectivity index (χ3n) is 3.58. The van der Waals surface area contributed by atoms with Gasteiger partial charge < -0.3 is 19.5 Å². The normalized spacial score (nSPS) is 16.2. The first-order chi connectivity index (χ1) is 10.1. The van der Waals surface area contributed by atoms with Gasteiger partial charge in [0.25, 0.3) is 0 Å². The molecule has 0 fully saturated rings. The molecule has 0 saturated carbocycles. The number of ether oxygens (including phenoxy) is 2. The summed E-state index contributed by atoms with van der Waals surface area (Å²) in [5, 5.41) is 18.8. The van der Waals surface area contributed by atoms with E-state index < -0.39 is 7.12 Å². The van der Waals surface area contributed by atoms with Crippen LogP contribution in [0.1, 0.15) is 11.1 Å². The van der Waals surface area contributed by atoms with Gasteiger partial charge in [-0.3, -0.25) is 0 Å². The zero-order valence-corrected chi connectivity index (χ0v) is 11.8. The monoisotopic (exact) mass is 284 g/mol. The van der Waals surface area contributed by atoms with Gasteiger partial charge in [-0.05, 0) is 24.6 Å². The Bertz CT molecular complexity index is 617. The summed E-state index contributed by atoms with van der Waals surface area (Å²) < 4.78 is 11.5. The first kappa shape index (κ1) is 14.0. The van der Waals surface area contributed by atoms with Crippen LogP contribution >= 0.6 is 0 Å². The highest BCUT2D eigenvalue weighted by Gasteiger charge is 2.24. The Hall–Kier alpha value is -1.98. The van der Waals surface area contributed by atoms with Crippen molar-refractivity contribution < 1.29 is 19.5 Å². The van der Waals surface area contributed by atoms with Crippen molar-refractivity contribution >= 4 is 12.6 Å². The van der Waals surface area contributed by atoms with Crippen molar-refractivity contribution in [1.82, 2.24) is 0 Å². The van der Waals surface area contributed by atoms with Crippen molar-refractivity contribution in [2.24, 2.45) is 0 Å². The summed E-state index contributed by atoms with van der Waals surface area (Å²) in [7, 11) is -1.54. The fourth-order valence-electron chi connectivity index (χ4n) is 2.53. The molecule has 0 amide bonds. The number of para-hydroxylation sites is 1. The molecule has 0 radical (unpaired) electrons. The molecule has 0 aliphatic carbocycles. The van der Waals surface area contributed by atoms with Crippen molar-refractivity contribution in [1.29, 1.82) is 0 Å². The van der Waals surface area contributed by atoms with Crippen molar-refractivity contribution in [2.75, 3.05) is 6.61 Å². The zero-order valence-electron chi connectivity index (χ0n) is 11.8. The van der Waals surface area contributed by atoms with E-state index in [1.165, 1.54) is 5.56 Å². The average molecular weight is 284 g/mol. The van der Waals surface area contributed by atoms with Crippen LogP contribution in [0.25, 0.3) is 0 Å². The zero-order chi connectivity index (χ0) is 14.8. The van der Waals surface area contributed by atoms with Crippen LogP contribution < -0.4 is 14.9 Å². The molecule has 2 aromatic rings. The molecule has 1 aliphatic rings. The van der Waals surface area contributed by atoms with Crippen LogP contribution in [0.15, 0.2) is 42.5 Å². The number of rotatable bonds is 4. The van der Waals surface area contributed by atoms with E-state index in [0.717, 1.165) is 17.7 Å². The van der Waals surface area contributed by atoms with E-state index in [9.17, 15) is 10.0 Å². The Balaban J connectivity index is 1.67. The van der Waals surface area contributed by atoms with Gasteiger partial charge >= 0.3 is 7.12 Å². The summed E-state index contributed by atoms with van der Waals surface area (Å²) in [6.07, 6.45) is 0.756. The molecule has 108 valence electrons. The maximum absolute atomic E-state index is 9.41. The molecule has 5 heteroatoms. The van der Waals surface area contributed by atoms with Gasteiger partial charge in [0.05, 0.1) is 0 Å². The first-order valence-corrected chi connectivity index (χ1v) is 6.97. The van der Waals surface area contributed by atoms with Gasteiger partial charge in [0, 0.05) is 11.9 Å². The fraction of sp³-hybridized carbons (Fsp3) is 0.250. The molecule has 1 aliphatic heterocycles. The third-order valence-corrected chi connectivity index (χ3v) is 3.58. The second kappa shape index (κ2) is 5.80. The topological polar surface area (TPSA) is 58.9 Å². The van der Waals surface area contributed by atoms with E-state index in [1.807, 2.05) is 37.3 Å². The molecule has 4 nitrogen and oxygen atoms in total. The minimum Gasteiger partial charge on any atom is -0.490 e. The number of fused-ring (bicyclic) bond motifs is 1. The Labute approximate surface area is 124 Å². The minimum absolute atomic E-state index is 0.0487. The Morgan fingerprint density at radius 1 is 1.24 bits per heavy atom. The largest absolute Gasteiger partial charge is 0.492 e. The van der Waals surface area contributed by atoms with E-state index in [1.54, 1.807) is 12.1 Å². The van der Waals surface area contributed by atoms with Crippen molar-refractivity contribution in [2.45, 2.75) is 19.4 Å². The lowest BCUT2D eigenvalue weighted by molar-refractivity contribution is 0.149. The molecule has 1 atom stereocenters. The summed E-state index contributed by atoms with van der Waals surface area (Å²) >= 11 is 0. The van der Waals surface area contributed by atoms with Crippen LogP contribution in [-0.2, 0) is 6.42 Å². The molecule has 1 unspecified atom stereocenters. The van der Waals surface area contributed by atoms with E-state index >= 15 is 0 Å². The van der Waals surface area contributed by atoms with Crippen LogP contribution in [0, 0.1) is 6.92 Å². The first-order valence-electron chi connectivity index (χ1n) is 6.97. The second-order valence-electron chi connectivity index (χ2n) is 5.28. The summed E-state index contributed by atoms with van der Waals surface area (Å²) in [6, 6.07) is 13.3. The predicted octanol–water partition coefficient (Wildman–Crippen LogP) is 1.06. The lowest BCUT2D eigenvalue weighted by Crippen LogP contribution is -2.33. The average Bonchev–Trinajstić information content (AvgIpc) is 2.88. The van der Waals surface area contributed by atoms with Crippen LogP contribution in [0.4, 0.5) is 0 Å². The number of benzene rings is 2. The maximum Gasteiger partial charge on any atom is 0.492 e. The predicted molar refractivity (Wildman–Crippen MR) is 81.1 cm³/mol. The van der Waals surface area contributed by atoms with Crippen molar-refractivity contribution in [3.8, 4) is 11.5 Å². The van der Waals surface area contributed by atoms with Gasteiger partial charge in [0.2, 0.25) is 0 Å². The number of hydrogen-bond acceptors (Lipinski definition) is 4. The molecule has 0 aromatic heterocycles. The third kappa shape index (κ3) is 3.04. The van der Waals surface area contributed by atoms with E-state index in [0.29, 0.717) is 17.8 Å². The summed E-state index contributed by atoms with van der Waals surface area (Å²) in [5.74, 6) is 1.38. The Morgan fingerprint density at radius 2 is 2.05 bits per heavy atom. The SMILES string of the molecule is Cc1ccc(OCC2Cc3ccccc3O2)c(B(O)O)c1. The lowest BCUT2D eigenvalue weighted by atomic mass is 9.79. The van der Waals surface area contributed by atoms with Gasteiger partial charge in [0.15, 0.2) is 0 Å². The van der Waals surface area contributed by atoms with E-state index in [2.05, 4.69) is 0 Å². The van der Waals surface area contributed by atoms with Gasteiger partial charge in [-0.1, -0.05) is 35.9 Å². The van der Waals surface area contributed by atoms with Crippen LogP contribution in [0.5, 0.6) is 11.5 Å². The highest BCUT2D eigenvalue weighted by atomic mass is 16.5. The Morgan fingerprint density at radius 3 is 2.81 bits per heavy atom. The molecule has 3 rings (SSSR count). The van der Waals surface area contributed by atoms with Crippen LogP contribution in [0.3, 0.4) is 0 Å². The molecule has 1 heterocycles. The Kier molecular flexibility index (Phi) is 3.86. The van der Waals surface area contributed by atoms with E-state index in [-0.39, 0.29) is 6.10 Å². The lowest BCUT2D eigenvalue weighted by Gasteiger charge is -2.15. The molecule has 0 spiro atoms. The fourth-order valence-corrected chi connectivity index (χ4v) is 2.53. The number of hydrogen-bond donors (Lipinski definition) is 2. The van der Waals surface area contributed by atoms with Gasteiger partial charge in [-0.25, -0.2) is 0 Å². The van der Waals surface area contributed by atoms with Crippen LogP contribution in [0.2, 0.25) is 0 Å². The smallest absolute Gasteiger partial charge is 0.490 e. The quantitative estimate of drug-likeness (QED) is 0.824. The minimum atomic E-state index is -1.54. The molecule has 2 aromatic carbocycles. The summed E-state index contributed by atoms with van der Waals surface area (Å²) in [5.41, 5.74) is 2.51. The molecule has 2 N–H and O–H groups in total. The highest BCUT2D eigenvalue weighted by molar-refractivity contribution is 6.59. The van der Waals surface area contributed by atoms with Crippen LogP contribution in [-0.4, -0.2) is 29.9 Å². The summed E-state index contributed by atoms with van der Waals surface area (Å²) in [4.78, 5) is 0. The van der Waals surface area contributed by atoms with E-state index in [4.69, 9.17) is 9.47 Å². The summed E-state index contributed by atoms with van der Waals surface area (Å²) in [6.45, 7) is 2.27. The molecule has 0 saturated heterocycles. The van der Waals surface area contributed by atoms with Crippen molar-refractivity contribution in [3.05, 3.63) is 53.6 Å². The number of aryl methyl sites for hydroxylation is 1. The van der Waals surface area contributed by atoms with Gasteiger partial charge in [-0.2, -0.15) is 0 Å². The molecule has 21 heavy (non-hydrogen) atoms. The molecule has 0 bridgehead atoms. The maximum atomic E-state index is 9.41. The van der Waals surface area contributed by atoms with Gasteiger partial charge in [-0.15, -0.1) is 0 Å². The van der Waals surface area contributed by atoms with Crippen molar-refractivity contribution in [3.63, 3.8) is 0 Å².